The molecule has 2 rings (SSSR count). The second-order valence-electron chi connectivity index (χ2n) is 6.09. The maximum atomic E-state index is 5.93. The Morgan fingerprint density at radius 3 is 2.47 bits per heavy atom. The summed E-state index contributed by atoms with van der Waals surface area (Å²) in [5, 5.41) is 0.825. The summed E-state index contributed by atoms with van der Waals surface area (Å²) in [6.45, 7) is 11.4. The highest BCUT2D eigenvalue weighted by atomic mass is 35.5. The number of benzene rings is 1. The van der Waals surface area contributed by atoms with Crippen LogP contribution in [0.3, 0.4) is 0 Å². The van der Waals surface area contributed by atoms with Crippen molar-refractivity contribution in [1.29, 1.82) is 0 Å². The van der Waals surface area contributed by atoms with Gasteiger partial charge in [-0.2, -0.15) is 0 Å². The van der Waals surface area contributed by atoms with Crippen LogP contribution >= 0.6 is 11.6 Å². The zero-order chi connectivity index (χ0) is 13.7. The number of nitrogens with zero attached hydrogens (tertiary/aromatic N) is 1. The molecule has 2 heteroatoms. The van der Waals surface area contributed by atoms with Gasteiger partial charge in [-0.15, -0.1) is 0 Å². The van der Waals surface area contributed by atoms with Crippen LogP contribution in [0.25, 0.3) is 0 Å². The van der Waals surface area contributed by atoms with Crippen molar-refractivity contribution in [3.63, 3.8) is 0 Å². The zero-order valence-corrected chi connectivity index (χ0v) is 12.7. The van der Waals surface area contributed by atoms with Gasteiger partial charge in [0, 0.05) is 23.8 Å². The second kappa shape index (κ2) is 6.58. The van der Waals surface area contributed by atoms with Crippen LogP contribution in [0.4, 0.5) is 0 Å². The van der Waals surface area contributed by atoms with E-state index >= 15 is 0 Å². The summed E-state index contributed by atoms with van der Waals surface area (Å²) in [4.78, 5) is 0. The molecule has 1 aliphatic heterocycles. The van der Waals surface area contributed by atoms with E-state index < -0.39 is 0 Å². The molecule has 0 N–H and O–H groups in total. The van der Waals surface area contributed by atoms with E-state index in [0.717, 1.165) is 18.0 Å². The molecule has 1 nitrogen and oxygen atoms in total. The molecule has 1 heterocycles. The Balaban J connectivity index is 1.94. The van der Waals surface area contributed by atoms with Crippen LogP contribution < -0.4 is 0 Å². The zero-order valence-electron chi connectivity index (χ0n) is 11.9. The highest BCUT2D eigenvalue weighted by molar-refractivity contribution is 6.30. The summed E-state index contributed by atoms with van der Waals surface area (Å²) >= 11 is 5.93. The van der Waals surface area contributed by atoms with Gasteiger partial charge in [0.05, 0.1) is 26.2 Å². The fourth-order valence-corrected chi connectivity index (χ4v) is 3.59. The third kappa shape index (κ3) is 4.09. The first-order valence-corrected chi connectivity index (χ1v) is 7.72. The van der Waals surface area contributed by atoms with Gasteiger partial charge in [0.1, 0.15) is 0 Å². The van der Waals surface area contributed by atoms with E-state index in [1.807, 2.05) is 12.1 Å². The molecular weight excluding hydrogens is 254 g/mol. The summed E-state index contributed by atoms with van der Waals surface area (Å²) in [5.41, 5.74) is 1.40. The van der Waals surface area contributed by atoms with E-state index in [2.05, 4.69) is 31.7 Å². The Bertz CT molecular complexity index is 404. The number of hydrogen-bond acceptors (Lipinski definition) is 0. The molecule has 0 saturated carbocycles. The van der Waals surface area contributed by atoms with Crippen LogP contribution in [-0.4, -0.2) is 30.7 Å². The van der Waals surface area contributed by atoms with Gasteiger partial charge in [-0.05, 0) is 30.2 Å². The molecule has 104 valence electrons. The molecule has 0 radical (unpaired) electrons. The van der Waals surface area contributed by atoms with Crippen molar-refractivity contribution < 1.29 is 4.48 Å². The van der Waals surface area contributed by atoms with Gasteiger partial charge >= 0.3 is 0 Å². The van der Waals surface area contributed by atoms with Crippen LogP contribution in [0.2, 0.25) is 5.02 Å². The molecule has 0 amide bonds. The van der Waals surface area contributed by atoms with E-state index in [0.29, 0.717) is 5.92 Å². The highest BCUT2D eigenvalue weighted by Crippen LogP contribution is 2.23. The molecule has 0 bridgehead atoms. The molecule has 0 spiro atoms. The Hall–Kier alpha value is -0.790. The maximum Gasteiger partial charge on any atom is 0.0971 e. The molecule has 19 heavy (non-hydrogen) atoms. The third-order valence-corrected chi connectivity index (χ3v) is 4.48. The van der Waals surface area contributed by atoms with Gasteiger partial charge in [-0.25, -0.2) is 0 Å². The first kappa shape index (κ1) is 14.6. The molecule has 0 aromatic heterocycles. The molecule has 1 fully saturated rings. The van der Waals surface area contributed by atoms with Gasteiger partial charge in [0.25, 0.3) is 0 Å². The lowest BCUT2D eigenvalue weighted by Crippen LogP contribution is -2.48. The smallest absolute Gasteiger partial charge is 0.0971 e. The summed E-state index contributed by atoms with van der Waals surface area (Å²) < 4.78 is 1.25. The van der Waals surface area contributed by atoms with Crippen molar-refractivity contribution >= 4 is 11.6 Å². The quantitative estimate of drug-likeness (QED) is 0.537. The molecule has 1 atom stereocenters. The standard InChI is InChI=1S/C17H25ClN/c1-3-10-19(11-4-5-12-19)14-15(2)13-16-6-8-17(18)9-7-16/h3,6-9,15H,1,4-5,10-14H2,2H3/q+1. The van der Waals surface area contributed by atoms with Crippen molar-refractivity contribution in [1.82, 2.24) is 0 Å². The van der Waals surface area contributed by atoms with E-state index in [1.165, 1.54) is 42.5 Å². The first-order valence-electron chi connectivity index (χ1n) is 7.34. The van der Waals surface area contributed by atoms with Crippen LogP contribution in [-0.2, 0) is 6.42 Å². The van der Waals surface area contributed by atoms with Crippen LogP contribution in [0, 0.1) is 5.92 Å². The number of hydrogen-bond donors (Lipinski definition) is 0. The van der Waals surface area contributed by atoms with Gasteiger partial charge in [-0.1, -0.05) is 37.2 Å². The van der Waals surface area contributed by atoms with Crippen LogP contribution in [0.15, 0.2) is 36.9 Å². The molecular formula is C17H25ClN+. The molecule has 1 aromatic carbocycles. The number of rotatable bonds is 6. The monoisotopic (exact) mass is 278 g/mol. The van der Waals surface area contributed by atoms with Crippen LogP contribution in [0.5, 0.6) is 0 Å². The second-order valence-corrected chi connectivity index (χ2v) is 6.52. The predicted molar refractivity (Wildman–Crippen MR) is 83.5 cm³/mol. The predicted octanol–water partition coefficient (Wildman–Crippen LogP) is 4.32. The van der Waals surface area contributed by atoms with E-state index in [4.69, 9.17) is 11.6 Å². The van der Waals surface area contributed by atoms with Crippen molar-refractivity contribution in [3.05, 3.63) is 47.5 Å². The Morgan fingerprint density at radius 1 is 1.26 bits per heavy atom. The summed E-state index contributed by atoms with van der Waals surface area (Å²) in [6, 6.07) is 8.29. The molecule has 1 aliphatic rings. The fraction of sp³-hybridized carbons (Fsp3) is 0.529. The Kier molecular flexibility index (Phi) is 5.06. The number of halogens is 1. The van der Waals surface area contributed by atoms with Gasteiger partial charge in [0.15, 0.2) is 0 Å². The largest absolute Gasteiger partial charge is 0.320 e. The van der Waals surface area contributed by atoms with Gasteiger partial charge in [-0.3, -0.25) is 0 Å². The SMILES string of the molecule is C=CC[N+]1(CC(C)Cc2ccc(Cl)cc2)CCCC1. The van der Waals surface area contributed by atoms with Crippen molar-refractivity contribution in [2.75, 3.05) is 26.2 Å². The lowest BCUT2D eigenvalue weighted by Gasteiger charge is -2.35. The van der Waals surface area contributed by atoms with Crippen molar-refractivity contribution in [2.24, 2.45) is 5.92 Å². The summed E-state index contributed by atoms with van der Waals surface area (Å²) in [6.07, 6.45) is 6.00. The Labute approximate surface area is 122 Å². The Morgan fingerprint density at radius 2 is 1.89 bits per heavy atom. The van der Waals surface area contributed by atoms with Gasteiger partial charge < -0.3 is 4.48 Å². The minimum Gasteiger partial charge on any atom is -0.320 e. The molecule has 1 aromatic rings. The fourth-order valence-electron chi connectivity index (χ4n) is 3.47. The highest BCUT2D eigenvalue weighted by Gasteiger charge is 2.32. The number of likely N-dealkylation sites (tertiary alicyclic amines) is 1. The summed E-state index contributed by atoms with van der Waals surface area (Å²) in [5.74, 6) is 0.708. The third-order valence-electron chi connectivity index (χ3n) is 4.23. The van der Waals surface area contributed by atoms with Crippen molar-refractivity contribution in [2.45, 2.75) is 26.2 Å². The average Bonchev–Trinajstić information content (AvgIpc) is 2.81. The first-order chi connectivity index (χ1) is 9.13. The lowest BCUT2D eigenvalue weighted by atomic mass is 9.99. The molecule has 0 aliphatic carbocycles. The topological polar surface area (TPSA) is 0 Å². The summed E-state index contributed by atoms with van der Waals surface area (Å²) in [7, 11) is 0. The van der Waals surface area contributed by atoms with E-state index in [9.17, 15) is 0 Å². The minimum atomic E-state index is 0.708. The average molecular weight is 279 g/mol. The number of quaternary nitrogens is 1. The van der Waals surface area contributed by atoms with Crippen LogP contribution in [0.1, 0.15) is 25.3 Å². The van der Waals surface area contributed by atoms with Gasteiger partial charge in [0.2, 0.25) is 0 Å². The molecule has 1 saturated heterocycles. The normalized spacial score (nSPS) is 19.3. The van der Waals surface area contributed by atoms with E-state index in [-0.39, 0.29) is 0 Å². The minimum absolute atomic E-state index is 0.708. The lowest BCUT2D eigenvalue weighted by molar-refractivity contribution is -0.914. The maximum absolute atomic E-state index is 5.93. The van der Waals surface area contributed by atoms with E-state index in [1.54, 1.807) is 0 Å². The van der Waals surface area contributed by atoms with Crippen molar-refractivity contribution in [3.8, 4) is 0 Å². The molecule has 1 unspecified atom stereocenters.